The SMILES string of the molecule is CC[C@H](C)n1c(S[C@@H](C)C(=O)N2CCCC2)nc2ccccc2c1=O. The Morgan fingerprint density at radius 2 is 1.92 bits per heavy atom. The summed E-state index contributed by atoms with van der Waals surface area (Å²) in [6.45, 7) is 7.67. The molecule has 1 aromatic carbocycles. The molecule has 6 heteroatoms. The third-order valence-corrected chi connectivity index (χ3v) is 5.91. The Bertz CT molecular complexity index is 827. The van der Waals surface area contributed by atoms with Crippen LogP contribution in [0.1, 0.15) is 46.1 Å². The van der Waals surface area contributed by atoms with E-state index in [-0.39, 0.29) is 22.8 Å². The molecule has 1 saturated heterocycles. The van der Waals surface area contributed by atoms with Gasteiger partial charge in [-0.1, -0.05) is 30.8 Å². The Balaban J connectivity index is 1.99. The first-order valence-corrected chi connectivity index (χ1v) is 9.87. The lowest BCUT2D eigenvalue weighted by molar-refractivity contribution is -0.129. The van der Waals surface area contributed by atoms with E-state index in [1.54, 1.807) is 4.57 Å². The summed E-state index contributed by atoms with van der Waals surface area (Å²) in [5.74, 6) is 0.139. The molecule has 0 radical (unpaired) electrons. The van der Waals surface area contributed by atoms with Crippen molar-refractivity contribution >= 4 is 28.6 Å². The van der Waals surface area contributed by atoms with Crippen molar-refractivity contribution in [1.82, 2.24) is 14.5 Å². The van der Waals surface area contributed by atoms with Crippen LogP contribution < -0.4 is 5.56 Å². The van der Waals surface area contributed by atoms with Gasteiger partial charge in [-0.2, -0.15) is 0 Å². The molecule has 25 heavy (non-hydrogen) atoms. The Morgan fingerprint density at radius 3 is 2.60 bits per heavy atom. The minimum atomic E-state index is -0.249. The monoisotopic (exact) mass is 359 g/mol. The molecule has 5 nitrogen and oxygen atoms in total. The molecule has 0 spiro atoms. The third kappa shape index (κ3) is 3.59. The third-order valence-electron chi connectivity index (χ3n) is 4.85. The predicted molar refractivity (Wildman–Crippen MR) is 102 cm³/mol. The maximum Gasteiger partial charge on any atom is 0.262 e. The first-order valence-electron chi connectivity index (χ1n) is 8.99. The van der Waals surface area contributed by atoms with Gasteiger partial charge in [0.2, 0.25) is 5.91 Å². The van der Waals surface area contributed by atoms with E-state index < -0.39 is 0 Å². The number of hydrogen-bond donors (Lipinski definition) is 0. The molecule has 3 rings (SSSR count). The molecule has 2 aromatic rings. The van der Waals surface area contributed by atoms with E-state index in [1.165, 1.54) is 11.8 Å². The molecule has 1 fully saturated rings. The molecule has 0 unspecified atom stereocenters. The Morgan fingerprint density at radius 1 is 1.24 bits per heavy atom. The lowest BCUT2D eigenvalue weighted by Crippen LogP contribution is -2.35. The summed E-state index contributed by atoms with van der Waals surface area (Å²) < 4.78 is 1.75. The quantitative estimate of drug-likeness (QED) is 0.606. The van der Waals surface area contributed by atoms with E-state index >= 15 is 0 Å². The van der Waals surface area contributed by atoms with Crippen LogP contribution in [0.4, 0.5) is 0 Å². The summed E-state index contributed by atoms with van der Waals surface area (Å²) in [7, 11) is 0. The van der Waals surface area contributed by atoms with Crippen molar-refractivity contribution in [3.05, 3.63) is 34.6 Å². The van der Waals surface area contributed by atoms with Gasteiger partial charge in [0.15, 0.2) is 5.16 Å². The molecule has 0 aliphatic carbocycles. The number of fused-ring (bicyclic) bond motifs is 1. The van der Waals surface area contributed by atoms with Crippen molar-refractivity contribution in [3.8, 4) is 0 Å². The van der Waals surface area contributed by atoms with Gasteiger partial charge in [0.25, 0.3) is 5.56 Å². The number of hydrogen-bond acceptors (Lipinski definition) is 4. The summed E-state index contributed by atoms with van der Waals surface area (Å²) in [6.07, 6.45) is 2.99. The second-order valence-corrected chi connectivity index (χ2v) is 7.94. The summed E-state index contributed by atoms with van der Waals surface area (Å²) >= 11 is 1.40. The Hall–Kier alpha value is -1.82. The highest BCUT2D eigenvalue weighted by Crippen LogP contribution is 2.27. The molecule has 0 saturated carbocycles. The fraction of sp³-hybridized carbons (Fsp3) is 0.526. The van der Waals surface area contributed by atoms with Gasteiger partial charge < -0.3 is 4.90 Å². The summed E-state index contributed by atoms with van der Waals surface area (Å²) in [5.41, 5.74) is 0.665. The lowest BCUT2D eigenvalue weighted by Gasteiger charge is -2.22. The van der Waals surface area contributed by atoms with Gasteiger partial charge in [-0.3, -0.25) is 14.2 Å². The average molecular weight is 359 g/mol. The number of carbonyl (C=O) groups excluding carboxylic acids is 1. The Kier molecular flexibility index (Phi) is 5.47. The summed E-state index contributed by atoms with van der Waals surface area (Å²) in [4.78, 5) is 32.2. The van der Waals surface area contributed by atoms with E-state index in [0.29, 0.717) is 16.1 Å². The maximum absolute atomic E-state index is 13.0. The predicted octanol–water partition coefficient (Wildman–Crippen LogP) is 3.47. The zero-order valence-corrected chi connectivity index (χ0v) is 15.9. The molecule has 134 valence electrons. The van der Waals surface area contributed by atoms with Crippen LogP contribution in [0.2, 0.25) is 0 Å². The van der Waals surface area contributed by atoms with Crippen LogP contribution in [0, 0.1) is 0 Å². The standard InChI is InChI=1S/C19H25N3O2S/c1-4-13(2)22-18(24)15-9-5-6-10-16(15)20-19(22)25-14(3)17(23)21-11-7-8-12-21/h5-6,9-10,13-14H,4,7-8,11-12H2,1-3H3/t13-,14-/m0/s1. The number of benzene rings is 1. The van der Waals surface area contributed by atoms with Crippen molar-refractivity contribution in [2.45, 2.75) is 56.5 Å². The minimum Gasteiger partial charge on any atom is -0.342 e. The van der Waals surface area contributed by atoms with Gasteiger partial charge in [0.05, 0.1) is 16.2 Å². The number of likely N-dealkylation sites (tertiary alicyclic amines) is 1. The van der Waals surface area contributed by atoms with Crippen LogP contribution in [0.5, 0.6) is 0 Å². The van der Waals surface area contributed by atoms with Crippen LogP contribution in [0.25, 0.3) is 10.9 Å². The molecule has 0 N–H and O–H groups in total. The molecule has 1 amide bonds. The van der Waals surface area contributed by atoms with Crippen molar-refractivity contribution in [2.24, 2.45) is 0 Å². The Labute approximate surface area is 152 Å². The number of rotatable bonds is 5. The van der Waals surface area contributed by atoms with Gasteiger partial charge in [0, 0.05) is 19.1 Å². The lowest BCUT2D eigenvalue weighted by atomic mass is 10.2. The number of carbonyl (C=O) groups is 1. The topological polar surface area (TPSA) is 55.2 Å². The van der Waals surface area contributed by atoms with Crippen LogP contribution in [0.3, 0.4) is 0 Å². The number of para-hydroxylation sites is 1. The highest BCUT2D eigenvalue weighted by atomic mass is 32.2. The molecular weight excluding hydrogens is 334 g/mol. The van der Waals surface area contributed by atoms with E-state index in [4.69, 9.17) is 4.98 Å². The fourth-order valence-corrected chi connectivity index (χ4v) is 4.28. The number of thioether (sulfide) groups is 1. The highest BCUT2D eigenvalue weighted by Gasteiger charge is 2.26. The maximum atomic E-state index is 13.0. The van der Waals surface area contributed by atoms with Crippen molar-refractivity contribution in [2.75, 3.05) is 13.1 Å². The summed E-state index contributed by atoms with van der Waals surface area (Å²) in [5, 5.41) is 1.02. The zero-order chi connectivity index (χ0) is 18.0. The van der Waals surface area contributed by atoms with Crippen LogP contribution in [0.15, 0.2) is 34.2 Å². The molecule has 0 bridgehead atoms. The van der Waals surface area contributed by atoms with Crippen molar-refractivity contribution in [3.63, 3.8) is 0 Å². The largest absolute Gasteiger partial charge is 0.342 e. The molecule has 1 aliphatic rings. The second-order valence-electron chi connectivity index (χ2n) is 6.64. The minimum absolute atomic E-state index is 0.0247. The fourth-order valence-electron chi connectivity index (χ4n) is 3.18. The highest BCUT2D eigenvalue weighted by molar-refractivity contribution is 8.00. The smallest absolute Gasteiger partial charge is 0.262 e. The van der Waals surface area contributed by atoms with Crippen LogP contribution >= 0.6 is 11.8 Å². The molecular formula is C19H25N3O2S. The average Bonchev–Trinajstić information content (AvgIpc) is 3.15. The number of aromatic nitrogens is 2. The first kappa shape index (κ1) is 18.0. The number of nitrogens with zero attached hydrogens (tertiary/aromatic N) is 3. The van der Waals surface area contributed by atoms with Gasteiger partial charge in [0.1, 0.15) is 0 Å². The first-order chi connectivity index (χ1) is 12.0. The molecule has 1 aliphatic heterocycles. The zero-order valence-electron chi connectivity index (χ0n) is 15.1. The van der Waals surface area contributed by atoms with E-state index in [0.717, 1.165) is 32.4 Å². The van der Waals surface area contributed by atoms with Gasteiger partial charge >= 0.3 is 0 Å². The van der Waals surface area contributed by atoms with Gasteiger partial charge in [-0.15, -0.1) is 0 Å². The van der Waals surface area contributed by atoms with E-state index in [9.17, 15) is 9.59 Å². The van der Waals surface area contributed by atoms with Gasteiger partial charge in [-0.25, -0.2) is 4.98 Å². The summed E-state index contributed by atoms with van der Waals surface area (Å²) in [6, 6.07) is 7.46. The second kappa shape index (κ2) is 7.60. The normalized spacial score (nSPS) is 17.0. The van der Waals surface area contributed by atoms with Crippen LogP contribution in [-0.4, -0.2) is 38.7 Å². The van der Waals surface area contributed by atoms with Gasteiger partial charge in [-0.05, 0) is 45.2 Å². The van der Waals surface area contributed by atoms with Crippen molar-refractivity contribution in [1.29, 1.82) is 0 Å². The van der Waals surface area contributed by atoms with Crippen molar-refractivity contribution < 1.29 is 4.79 Å². The van der Waals surface area contributed by atoms with E-state index in [1.807, 2.05) is 43.0 Å². The molecule has 1 aromatic heterocycles. The molecule has 2 atom stereocenters. The van der Waals surface area contributed by atoms with Crippen LogP contribution in [-0.2, 0) is 4.79 Å². The number of amides is 1. The molecule has 2 heterocycles. The van der Waals surface area contributed by atoms with E-state index in [2.05, 4.69) is 6.92 Å².